The number of rotatable bonds is 6. The summed E-state index contributed by atoms with van der Waals surface area (Å²) in [7, 11) is 0. The summed E-state index contributed by atoms with van der Waals surface area (Å²) >= 11 is 0. The van der Waals surface area contributed by atoms with Crippen molar-refractivity contribution in [3.63, 3.8) is 0 Å². The molecule has 3 aromatic rings. The molecule has 0 aliphatic carbocycles. The minimum absolute atomic E-state index is 0. The van der Waals surface area contributed by atoms with E-state index in [9.17, 15) is 13.2 Å². The van der Waals surface area contributed by atoms with Gasteiger partial charge in [0.1, 0.15) is 5.75 Å². The van der Waals surface area contributed by atoms with E-state index in [0.717, 1.165) is 22.5 Å². The Balaban J connectivity index is 0.00000341. The topological polar surface area (TPSA) is 77.5 Å². The molecule has 1 heterocycles. The van der Waals surface area contributed by atoms with Crippen LogP contribution in [-0.2, 0) is 13.1 Å². The lowest BCUT2D eigenvalue weighted by Crippen LogP contribution is -2.22. The van der Waals surface area contributed by atoms with Crippen molar-refractivity contribution in [1.82, 2.24) is 9.78 Å². The fourth-order valence-corrected chi connectivity index (χ4v) is 2.96. The van der Waals surface area contributed by atoms with E-state index in [0.29, 0.717) is 18.8 Å². The van der Waals surface area contributed by atoms with E-state index in [4.69, 9.17) is 5.73 Å². The molecule has 0 saturated heterocycles. The lowest BCUT2D eigenvalue weighted by atomic mass is 10.2. The molecule has 1 aromatic heterocycles. The van der Waals surface area contributed by atoms with E-state index in [-0.39, 0.29) is 35.7 Å². The molecule has 3 N–H and O–H groups in total. The number of benzene rings is 2. The molecule has 0 spiro atoms. The number of nitrogens with two attached hydrogens (primary N) is 1. The number of alkyl halides is 3. The van der Waals surface area contributed by atoms with Crippen molar-refractivity contribution in [3.8, 4) is 5.75 Å². The van der Waals surface area contributed by atoms with Crippen molar-refractivity contribution < 1.29 is 17.9 Å². The summed E-state index contributed by atoms with van der Waals surface area (Å²) in [5.41, 5.74) is 10.4. The van der Waals surface area contributed by atoms with Crippen molar-refractivity contribution >= 4 is 35.6 Å². The molecule has 2 aromatic carbocycles. The molecule has 10 heteroatoms. The zero-order valence-electron chi connectivity index (χ0n) is 17.0. The molecule has 3 rings (SSSR count). The Morgan fingerprint density at radius 3 is 2.35 bits per heavy atom. The van der Waals surface area contributed by atoms with E-state index >= 15 is 0 Å². The minimum Gasteiger partial charge on any atom is -0.406 e. The highest BCUT2D eigenvalue weighted by atomic mass is 127. The molecule has 0 amide bonds. The average molecular weight is 545 g/mol. The highest BCUT2D eigenvalue weighted by Crippen LogP contribution is 2.24. The van der Waals surface area contributed by atoms with Gasteiger partial charge in [-0.2, -0.15) is 5.10 Å². The summed E-state index contributed by atoms with van der Waals surface area (Å²) in [4.78, 5) is 4.33. The van der Waals surface area contributed by atoms with Crippen LogP contribution in [0.5, 0.6) is 5.75 Å². The maximum atomic E-state index is 12.2. The van der Waals surface area contributed by atoms with E-state index in [2.05, 4.69) is 20.1 Å². The SMILES string of the molecule is Cc1nn(Cc2ccccc2)c(C)c1CN=C(N)Nc1ccc(OC(F)(F)F)cc1.I. The number of hydrogen-bond acceptors (Lipinski definition) is 3. The molecule has 0 atom stereocenters. The third-order valence-electron chi connectivity index (χ3n) is 4.47. The van der Waals surface area contributed by atoms with E-state index in [1.54, 1.807) is 0 Å². The highest BCUT2D eigenvalue weighted by Gasteiger charge is 2.30. The minimum atomic E-state index is -4.73. The molecule has 6 nitrogen and oxygen atoms in total. The fraction of sp³-hybridized carbons (Fsp3) is 0.238. The van der Waals surface area contributed by atoms with Gasteiger partial charge in [-0.3, -0.25) is 4.68 Å². The highest BCUT2D eigenvalue weighted by molar-refractivity contribution is 14.0. The first-order valence-electron chi connectivity index (χ1n) is 9.21. The third-order valence-corrected chi connectivity index (χ3v) is 4.47. The summed E-state index contributed by atoms with van der Waals surface area (Å²) in [6.07, 6.45) is -4.73. The summed E-state index contributed by atoms with van der Waals surface area (Å²) in [5.74, 6) is -0.158. The van der Waals surface area contributed by atoms with Crippen LogP contribution in [0.3, 0.4) is 0 Å². The van der Waals surface area contributed by atoms with Gasteiger partial charge >= 0.3 is 6.36 Å². The number of nitrogens with one attached hydrogen (secondary N) is 1. The Kier molecular flexibility index (Phi) is 8.31. The first-order chi connectivity index (χ1) is 14.2. The Bertz CT molecular complexity index is 1020. The number of guanidine groups is 1. The van der Waals surface area contributed by atoms with Crippen molar-refractivity contribution in [2.24, 2.45) is 10.7 Å². The third kappa shape index (κ3) is 7.16. The van der Waals surface area contributed by atoms with Gasteiger partial charge in [0.05, 0.1) is 18.8 Å². The molecule has 0 unspecified atom stereocenters. The number of aryl methyl sites for hydroxylation is 1. The number of aliphatic imine (C=N–C) groups is 1. The molecule has 0 fully saturated rings. The second-order valence-corrected chi connectivity index (χ2v) is 6.69. The number of nitrogens with zero attached hydrogens (tertiary/aromatic N) is 3. The Morgan fingerprint density at radius 1 is 1.10 bits per heavy atom. The molecular weight excluding hydrogens is 522 g/mol. The van der Waals surface area contributed by atoms with Crippen LogP contribution in [-0.4, -0.2) is 22.1 Å². The van der Waals surface area contributed by atoms with Gasteiger partial charge in [0.2, 0.25) is 0 Å². The van der Waals surface area contributed by atoms with E-state index in [1.807, 2.05) is 48.9 Å². The van der Waals surface area contributed by atoms with Crippen LogP contribution in [0.4, 0.5) is 18.9 Å². The fourth-order valence-electron chi connectivity index (χ4n) is 2.96. The second-order valence-electron chi connectivity index (χ2n) is 6.69. The smallest absolute Gasteiger partial charge is 0.406 e. The largest absolute Gasteiger partial charge is 0.573 e. The molecule has 0 bridgehead atoms. The Labute approximate surface area is 195 Å². The molecule has 0 saturated carbocycles. The van der Waals surface area contributed by atoms with Crippen LogP contribution >= 0.6 is 24.0 Å². The number of halogens is 4. The van der Waals surface area contributed by atoms with Crippen LogP contribution in [0.25, 0.3) is 0 Å². The molecule has 0 aliphatic rings. The Morgan fingerprint density at radius 2 is 1.74 bits per heavy atom. The van der Waals surface area contributed by atoms with Crippen LogP contribution in [0.2, 0.25) is 0 Å². The Hall–Kier alpha value is -2.76. The lowest BCUT2D eigenvalue weighted by molar-refractivity contribution is -0.274. The quantitative estimate of drug-likeness (QED) is 0.260. The van der Waals surface area contributed by atoms with Gasteiger partial charge in [-0.05, 0) is 43.7 Å². The van der Waals surface area contributed by atoms with Crippen molar-refractivity contribution in [3.05, 3.63) is 77.1 Å². The van der Waals surface area contributed by atoms with Crippen molar-refractivity contribution in [2.75, 3.05) is 5.32 Å². The number of hydrogen-bond donors (Lipinski definition) is 2. The van der Waals surface area contributed by atoms with E-state index in [1.165, 1.54) is 24.3 Å². The van der Waals surface area contributed by atoms with Gasteiger partial charge in [-0.15, -0.1) is 37.1 Å². The van der Waals surface area contributed by atoms with Crippen LogP contribution < -0.4 is 15.8 Å². The molecule has 0 aliphatic heterocycles. The lowest BCUT2D eigenvalue weighted by Gasteiger charge is -2.10. The monoisotopic (exact) mass is 545 g/mol. The average Bonchev–Trinajstić information content (AvgIpc) is 2.94. The molecule has 0 radical (unpaired) electrons. The predicted molar refractivity (Wildman–Crippen MR) is 125 cm³/mol. The number of ether oxygens (including phenoxy) is 1. The first kappa shape index (κ1) is 24.5. The summed E-state index contributed by atoms with van der Waals surface area (Å²) in [6, 6.07) is 15.3. The van der Waals surface area contributed by atoms with Crippen LogP contribution in [0, 0.1) is 13.8 Å². The summed E-state index contributed by atoms with van der Waals surface area (Å²) in [6.45, 7) is 4.90. The number of aromatic nitrogens is 2. The standard InChI is InChI=1S/C21H22F3N5O.HI/c1-14-19(15(2)29(28-14)13-16-6-4-3-5-7-16)12-26-20(25)27-17-8-10-18(11-9-17)30-21(22,23)24;/h3-11H,12-13H2,1-2H3,(H3,25,26,27);1H. The maximum Gasteiger partial charge on any atom is 0.573 e. The zero-order valence-corrected chi connectivity index (χ0v) is 19.3. The molecule has 31 heavy (non-hydrogen) atoms. The predicted octanol–water partition coefficient (Wildman–Crippen LogP) is 4.99. The summed E-state index contributed by atoms with van der Waals surface area (Å²) < 4.78 is 42.4. The van der Waals surface area contributed by atoms with Crippen LogP contribution in [0.15, 0.2) is 59.6 Å². The van der Waals surface area contributed by atoms with Gasteiger partial charge in [0.15, 0.2) is 5.96 Å². The van der Waals surface area contributed by atoms with Gasteiger partial charge < -0.3 is 15.8 Å². The van der Waals surface area contributed by atoms with Gasteiger partial charge in [-0.25, -0.2) is 4.99 Å². The van der Waals surface area contributed by atoms with E-state index < -0.39 is 6.36 Å². The van der Waals surface area contributed by atoms with Crippen molar-refractivity contribution in [2.45, 2.75) is 33.3 Å². The van der Waals surface area contributed by atoms with Crippen LogP contribution in [0.1, 0.15) is 22.5 Å². The van der Waals surface area contributed by atoms with Gasteiger partial charge in [-0.1, -0.05) is 30.3 Å². The van der Waals surface area contributed by atoms with Gasteiger partial charge in [0, 0.05) is 16.9 Å². The molecular formula is C21H23F3IN5O. The maximum absolute atomic E-state index is 12.2. The normalized spacial score (nSPS) is 11.7. The zero-order chi connectivity index (χ0) is 21.7. The molecule has 166 valence electrons. The summed E-state index contributed by atoms with van der Waals surface area (Å²) in [5, 5.41) is 7.44. The van der Waals surface area contributed by atoms with Crippen molar-refractivity contribution in [1.29, 1.82) is 0 Å². The van der Waals surface area contributed by atoms with Gasteiger partial charge in [0.25, 0.3) is 0 Å². The number of anilines is 1. The first-order valence-corrected chi connectivity index (χ1v) is 9.21. The second kappa shape index (κ2) is 10.5.